The van der Waals surface area contributed by atoms with Crippen molar-refractivity contribution in [2.45, 2.75) is 12.4 Å². The first-order valence-electron chi connectivity index (χ1n) is 9.55. The molecule has 34 heavy (non-hydrogen) atoms. The van der Waals surface area contributed by atoms with Crippen molar-refractivity contribution >= 4 is 28.9 Å². The Morgan fingerprint density at radius 2 is 1.68 bits per heavy atom. The molecular weight excluding hydrogens is 468 g/mol. The van der Waals surface area contributed by atoms with Crippen LogP contribution in [0.4, 0.5) is 48.2 Å². The Morgan fingerprint density at radius 3 is 2.32 bits per heavy atom. The summed E-state index contributed by atoms with van der Waals surface area (Å²) in [5, 5.41) is 4.73. The van der Waals surface area contributed by atoms with E-state index in [9.17, 15) is 31.1 Å². The number of fused-ring (bicyclic) bond motifs is 1. The third-order valence-corrected chi connectivity index (χ3v) is 4.90. The summed E-state index contributed by atoms with van der Waals surface area (Å²) < 4.78 is 83.6. The fourth-order valence-electron chi connectivity index (χ4n) is 3.28. The van der Waals surface area contributed by atoms with Gasteiger partial charge in [0.25, 0.3) is 0 Å². The number of hydrogen-bond donors (Lipinski definition) is 3. The second-order valence-corrected chi connectivity index (χ2v) is 7.13. The van der Waals surface area contributed by atoms with Crippen LogP contribution in [0.5, 0.6) is 0 Å². The van der Waals surface area contributed by atoms with E-state index in [4.69, 9.17) is 10.2 Å². The van der Waals surface area contributed by atoms with E-state index in [0.29, 0.717) is 28.3 Å². The first-order valence-corrected chi connectivity index (χ1v) is 9.55. The van der Waals surface area contributed by atoms with Gasteiger partial charge in [0.05, 0.1) is 28.3 Å². The summed E-state index contributed by atoms with van der Waals surface area (Å²) in [6, 6.07) is 7.35. The zero-order valence-corrected chi connectivity index (χ0v) is 17.0. The molecule has 13 heteroatoms. The lowest BCUT2D eigenvalue weighted by Crippen LogP contribution is -2.42. The van der Waals surface area contributed by atoms with Crippen molar-refractivity contribution in [1.29, 1.82) is 0 Å². The van der Waals surface area contributed by atoms with Gasteiger partial charge in [-0.1, -0.05) is 0 Å². The minimum Gasteiger partial charge on any atom is -0.446 e. The van der Waals surface area contributed by atoms with Crippen LogP contribution in [0.2, 0.25) is 0 Å². The van der Waals surface area contributed by atoms with Crippen molar-refractivity contribution in [3.05, 3.63) is 76.7 Å². The highest BCUT2D eigenvalue weighted by Crippen LogP contribution is 2.39. The molecule has 0 radical (unpaired) electrons. The number of anilines is 3. The van der Waals surface area contributed by atoms with E-state index in [-0.39, 0.29) is 24.5 Å². The van der Waals surface area contributed by atoms with E-state index >= 15 is 0 Å². The summed E-state index contributed by atoms with van der Waals surface area (Å²) in [5.41, 5.74) is 3.55. The van der Waals surface area contributed by atoms with Crippen LogP contribution in [0.25, 0.3) is 5.82 Å². The van der Waals surface area contributed by atoms with E-state index < -0.39 is 35.2 Å². The molecule has 0 unspecified atom stereocenters. The SMILES string of the molecule is NC1=c2ccoc2=NCN1c1ccc(NC(=O)Nc2cc(C(F)(F)F)ccc2C(F)(F)F)cc1. The van der Waals surface area contributed by atoms with E-state index in [2.05, 4.69) is 10.3 Å². The van der Waals surface area contributed by atoms with E-state index in [0.717, 1.165) is 0 Å². The van der Waals surface area contributed by atoms with Crippen molar-refractivity contribution in [3.8, 4) is 0 Å². The molecule has 0 aliphatic carbocycles. The molecule has 0 fully saturated rings. The van der Waals surface area contributed by atoms with Crippen molar-refractivity contribution in [1.82, 2.24) is 0 Å². The van der Waals surface area contributed by atoms with Crippen LogP contribution in [0.3, 0.4) is 0 Å². The monoisotopic (exact) mass is 483 g/mol. The first kappa shape index (κ1) is 23.0. The smallest absolute Gasteiger partial charge is 0.418 e. The van der Waals surface area contributed by atoms with Crippen LogP contribution < -0.4 is 32.0 Å². The van der Waals surface area contributed by atoms with Crippen LogP contribution in [-0.2, 0) is 12.4 Å². The Bertz CT molecular complexity index is 1350. The second kappa shape index (κ2) is 8.32. The number of hydrogen-bond acceptors (Lipinski definition) is 5. The Morgan fingerprint density at radius 1 is 0.971 bits per heavy atom. The van der Waals surface area contributed by atoms with E-state index in [1.807, 2.05) is 5.32 Å². The fraction of sp³-hybridized carbons (Fsp3) is 0.143. The zero-order valence-electron chi connectivity index (χ0n) is 17.0. The van der Waals surface area contributed by atoms with Crippen LogP contribution in [0, 0.1) is 0 Å². The molecule has 2 amide bonds. The minimum atomic E-state index is -4.97. The van der Waals surface area contributed by atoms with Gasteiger partial charge in [-0.15, -0.1) is 0 Å². The Hall–Kier alpha value is -4.16. The van der Waals surface area contributed by atoms with Crippen LogP contribution >= 0.6 is 0 Å². The van der Waals surface area contributed by atoms with Crippen LogP contribution in [0.1, 0.15) is 11.1 Å². The fourth-order valence-corrected chi connectivity index (χ4v) is 3.28. The molecule has 1 aromatic heterocycles. The molecule has 2 aromatic carbocycles. The predicted molar refractivity (Wildman–Crippen MR) is 110 cm³/mol. The van der Waals surface area contributed by atoms with E-state index in [1.165, 1.54) is 18.4 Å². The molecule has 0 saturated heterocycles. The molecule has 2 heterocycles. The Labute approximate surface area is 187 Å². The number of amides is 2. The lowest BCUT2D eigenvalue weighted by atomic mass is 10.1. The number of urea groups is 1. The molecule has 0 spiro atoms. The van der Waals surface area contributed by atoms with Gasteiger partial charge in [0.2, 0.25) is 5.55 Å². The van der Waals surface area contributed by atoms with Gasteiger partial charge in [0.1, 0.15) is 12.5 Å². The summed E-state index contributed by atoms with van der Waals surface area (Å²) in [7, 11) is 0. The lowest BCUT2D eigenvalue weighted by Gasteiger charge is -2.24. The Kier molecular flexibility index (Phi) is 5.63. The Balaban J connectivity index is 1.51. The van der Waals surface area contributed by atoms with Crippen molar-refractivity contribution in [3.63, 3.8) is 0 Å². The van der Waals surface area contributed by atoms with Gasteiger partial charge in [0, 0.05) is 11.4 Å². The normalized spacial score (nSPS) is 13.8. The van der Waals surface area contributed by atoms with E-state index in [1.54, 1.807) is 23.1 Å². The summed E-state index contributed by atoms with van der Waals surface area (Å²) in [6.07, 6.45) is -8.41. The third-order valence-electron chi connectivity index (χ3n) is 4.90. The molecule has 4 rings (SSSR count). The van der Waals surface area contributed by atoms with Gasteiger partial charge in [-0.3, -0.25) is 0 Å². The number of nitrogens with two attached hydrogens (primary N) is 1. The number of carbonyl (C=O) groups excluding carboxylic acids is 1. The number of halogens is 6. The highest BCUT2D eigenvalue weighted by molar-refractivity contribution is 6.00. The number of rotatable bonds is 3. The molecule has 4 N–H and O–H groups in total. The number of nitrogens with one attached hydrogen (secondary N) is 2. The maximum Gasteiger partial charge on any atom is 0.418 e. The van der Waals surface area contributed by atoms with Crippen LogP contribution in [-0.4, -0.2) is 12.7 Å². The van der Waals surface area contributed by atoms with Crippen molar-refractivity contribution < 1.29 is 35.6 Å². The van der Waals surface area contributed by atoms with Gasteiger partial charge in [-0.2, -0.15) is 26.3 Å². The summed E-state index contributed by atoms with van der Waals surface area (Å²) in [4.78, 5) is 18.1. The highest BCUT2D eigenvalue weighted by Gasteiger charge is 2.37. The molecule has 0 saturated carbocycles. The van der Waals surface area contributed by atoms with Gasteiger partial charge < -0.3 is 25.7 Å². The minimum absolute atomic E-state index is 0.176. The van der Waals surface area contributed by atoms with Gasteiger partial charge in [-0.05, 0) is 48.5 Å². The molecule has 178 valence electrons. The standard InChI is InChI=1S/C21H15F6N5O2/c22-20(23,24)11-1-6-15(21(25,26)27)16(9-11)31-19(33)30-12-2-4-13(5-3-12)32-10-29-18-14(17(32)28)7-8-34-18/h1-9H,10,28H2,(H2,30,31,33). The molecule has 7 nitrogen and oxygen atoms in total. The number of benzene rings is 2. The average molecular weight is 483 g/mol. The lowest BCUT2D eigenvalue weighted by molar-refractivity contribution is -0.140. The van der Waals surface area contributed by atoms with Crippen molar-refractivity contribution in [2.24, 2.45) is 10.7 Å². The number of alkyl halides is 6. The largest absolute Gasteiger partial charge is 0.446 e. The first-order chi connectivity index (χ1) is 15.9. The maximum atomic E-state index is 13.2. The highest BCUT2D eigenvalue weighted by atomic mass is 19.4. The molecule has 0 atom stereocenters. The molecule has 1 aliphatic rings. The molecule has 1 aliphatic heterocycles. The van der Waals surface area contributed by atoms with Gasteiger partial charge >= 0.3 is 18.4 Å². The zero-order chi connectivity index (χ0) is 24.7. The quantitative estimate of drug-likeness (QED) is 0.490. The molecule has 0 bridgehead atoms. The maximum absolute atomic E-state index is 13.2. The summed E-state index contributed by atoms with van der Waals surface area (Å²) in [6.45, 7) is 0.176. The molecular formula is C21H15F6N5O2. The van der Waals surface area contributed by atoms with Gasteiger partial charge in [0.15, 0.2) is 0 Å². The van der Waals surface area contributed by atoms with Crippen molar-refractivity contribution in [2.75, 3.05) is 22.2 Å². The second-order valence-electron chi connectivity index (χ2n) is 7.13. The number of furan rings is 1. The summed E-state index contributed by atoms with van der Waals surface area (Å²) in [5.74, 6) is 0.390. The molecule has 3 aromatic rings. The van der Waals surface area contributed by atoms with Crippen LogP contribution in [0.15, 0.2) is 64.2 Å². The average Bonchev–Trinajstić information content (AvgIpc) is 3.23. The summed E-state index contributed by atoms with van der Waals surface area (Å²) >= 11 is 0. The van der Waals surface area contributed by atoms with Gasteiger partial charge in [-0.25, -0.2) is 9.79 Å². The number of nitrogens with zero attached hydrogens (tertiary/aromatic N) is 2. The number of carbonyl (C=O) groups is 1. The third kappa shape index (κ3) is 4.63. The predicted octanol–water partition coefficient (Wildman–Crippen LogP) is 4.08. The topological polar surface area (TPSA) is 95.9 Å².